The van der Waals surface area contributed by atoms with Gasteiger partial charge in [0.05, 0.1) is 17.3 Å². The maximum atomic E-state index is 12.1. The van der Waals surface area contributed by atoms with Gasteiger partial charge in [0.2, 0.25) is 5.76 Å². The Morgan fingerprint density at radius 3 is 2.83 bits per heavy atom. The van der Waals surface area contributed by atoms with Crippen LogP contribution in [-0.4, -0.2) is 40.5 Å². The van der Waals surface area contributed by atoms with Crippen LogP contribution in [0.3, 0.4) is 0 Å². The van der Waals surface area contributed by atoms with Crippen molar-refractivity contribution in [3.8, 4) is 0 Å². The number of hydrogen-bond acceptors (Lipinski definition) is 4. The number of nitrogens with zero attached hydrogens (tertiary/aromatic N) is 1. The summed E-state index contributed by atoms with van der Waals surface area (Å²) >= 11 is 3.20. The molecule has 0 unspecified atom stereocenters. The Labute approximate surface area is 112 Å². The van der Waals surface area contributed by atoms with E-state index in [1.807, 2.05) is 0 Å². The second-order valence-electron chi connectivity index (χ2n) is 4.32. The van der Waals surface area contributed by atoms with Gasteiger partial charge in [-0.25, -0.2) is 0 Å². The van der Waals surface area contributed by atoms with Crippen LogP contribution in [0.25, 0.3) is 0 Å². The largest absolute Gasteiger partial charge is 0.458 e. The van der Waals surface area contributed by atoms with Crippen LogP contribution < -0.4 is 5.73 Å². The monoisotopic (exact) mass is 316 g/mol. The second-order valence-corrected chi connectivity index (χ2v) is 5.18. The molecule has 0 radical (unpaired) electrons. The highest BCUT2D eigenvalue weighted by atomic mass is 79.9. The summed E-state index contributed by atoms with van der Waals surface area (Å²) in [5, 5.41) is 10.0. The Bertz CT molecular complexity index is 487. The zero-order chi connectivity index (χ0) is 13.3. The Morgan fingerprint density at radius 2 is 2.28 bits per heavy atom. The van der Waals surface area contributed by atoms with Gasteiger partial charge in [0.1, 0.15) is 0 Å². The lowest BCUT2D eigenvalue weighted by atomic mass is 9.92. The average Bonchev–Trinajstić information content (AvgIpc) is 2.74. The standard InChI is InChI=1S/C11H13BrN2O4/c12-7-2-5-18-8(7)9(15)14-4-1-3-11(17,6-14)10(13)16/h2,5,17H,1,3-4,6H2,(H2,13,16)/t11-/m0/s1. The van der Waals surface area contributed by atoms with Crippen molar-refractivity contribution in [3.05, 3.63) is 22.6 Å². The van der Waals surface area contributed by atoms with Crippen molar-refractivity contribution in [1.82, 2.24) is 4.90 Å². The minimum absolute atomic E-state index is 0.103. The molecule has 6 nitrogen and oxygen atoms in total. The Kier molecular flexibility index (Phi) is 3.45. The van der Waals surface area contributed by atoms with Crippen LogP contribution in [0.2, 0.25) is 0 Å². The molecule has 1 aromatic heterocycles. The van der Waals surface area contributed by atoms with E-state index in [1.165, 1.54) is 11.2 Å². The molecule has 1 aromatic rings. The topological polar surface area (TPSA) is 96.8 Å². The normalized spacial score (nSPS) is 24.0. The molecule has 2 amide bonds. The first-order valence-electron chi connectivity index (χ1n) is 5.48. The van der Waals surface area contributed by atoms with E-state index in [4.69, 9.17) is 10.2 Å². The lowest BCUT2D eigenvalue weighted by molar-refractivity contribution is -0.140. The van der Waals surface area contributed by atoms with Gasteiger partial charge in [-0.05, 0) is 34.8 Å². The van der Waals surface area contributed by atoms with E-state index >= 15 is 0 Å². The number of primary amides is 1. The third kappa shape index (κ3) is 2.28. The third-order valence-corrected chi connectivity index (χ3v) is 3.65. The Morgan fingerprint density at radius 1 is 1.56 bits per heavy atom. The molecule has 2 heterocycles. The maximum Gasteiger partial charge on any atom is 0.290 e. The van der Waals surface area contributed by atoms with E-state index in [2.05, 4.69) is 15.9 Å². The van der Waals surface area contributed by atoms with E-state index in [0.717, 1.165) is 0 Å². The molecule has 7 heteroatoms. The zero-order valence-corrected chi connectivity index (χ0v) is 11.1. The van der Waals surface area contributed by atoms with Gasteiger partial charge in [-0.15, -0.1) is 0 Å². The summed E-state index contributed by atoms with van der Waals surface area (Å²) < 4.78 is 5.61. The van der Waals surface area contributed by atoms with Crippen LogP contribution in [0.5, 0.6) is 0 Å². The zero-order valence-electron chi connectivity index (χ0n) is 9.56. The Balaban J connectivity index is 2.17. The van der Waals surface area contributed by atoms with E-state index in [0.29, 0.717) is 17.4 Å². The van der Waals surface area contributed by atoms with Gasteiger partial charge in [-0.1, -0.05) is 0 Å². The molecule has 98 valence electrons. The lowest BCUT2D eigenvalue weighted by Crippen LogP contribution is -2.57. The number of halogens is 1. The van der Waals surface area contributed by atoms with Gasteiger partial charge >= 0.3 is 0 Å². The van der Waals surface area contributed by atoms with Crippen molar-refractivity contribution in [2.75, 3.05) is 13.1 Å². The number of furan rings is 1. The molecule has 0 aromatic carbocycles. The first-order valence-corrected chi connectivity index (χ1v) is 6.28. The molecule has 0 spiro atoms. The summed E-state index contributed by atoms with van der Waals surface area (Å²) in [6.07, 6.45) is 2.18. The summed E-state index contributed by atoms with van der Waals surface area (Å²) in [4.78, 5) is 24.7. The fourth-order valence-electron chi connectivity index (χ4n) is 2.00. The predicted octanol–water partition coefficient (Wildman–Crippen LogP) is 0.494. The molecule has 3 N–H and O–H groups in total. The van der Waals surface area contributed by atoms with E-state index in [9.17, 15) is 14.7 Å². The van der Waals surface area contributed by atoms with Crippen LogP contribution in [0.1, 0.15) is 23.4 Å². The quantitative estimate of drug-likeness (QED) is 0.830. The molecule has 0 bridgehead atoms. The first-order chi connectivity index (χ1) is 8.44. The van der Waals surface area contributed by atoms with Crippen LogP contribution in [0, 0.1) is 0 Å². The van der Waals surface area contributed by atoms with Gasteiger partial charge in [0, 0.05) is 6.54 Å². The fraction of sp³-hybridized carbons (Fsp3) is 0.455. The highest BCUT2D eigenvalue weighted by Gasteiger charge is 2.41. The van der Waals surface area contributed by atoms with Gasteiger partial charge in [-0.2, -0.15) is 0 Å². The number of hydrogen-bond donors (Lipinski definition) is 2. The Hall–Kier alpha value is -1.34. The number of β-amino-alcohol motifs (C(OH)–C–C–N with tert-alkyl or cyclic N) is 1. The molecule has 1 atom stereocenters. The van der Waals surface area contributed by atoms with E-state index < -0.39 is 11.5 Å². The van der Waals surface area contributed by atoms with Crippen molar-refractivity contribution in [2.24, 2.45) is 5.73 Å². The van der Waals surface area contributed by atoms with Crippen LogP contribution in [0.15, 0.2) is 21.2 Å². The van der Waals surface area contributed by atoms with E-state index in [-0.39, 0.29) is 24.6 Å². The van der Waals surface area contributed by atoms with Crippen molar-refractivity contribution < 1.29 is 19.1 Å². The summed E-state index contributed by atoms with van der Waals surface area (Å²) in [7, 11) is 0. The van der Waals surface area contributed by atoms with Gasteiger partial charge in [0.25, 0.3) is 11.8 Å². The molecular weight excluding hydrogens is 304 g/mol. The molecule has 1 aliphatic rings. The fourth-order valence-corrected chi connectivity index (χ4v) is 2.37. The number of carbonyl (C=O) groups excluding carboxylic acids is 2. The minimum Gasteiger partial charge on any atom is -0.458 e. The van der Waals surface area contributed by atoms with Gasteiger partial charge < -0.3 is 20.2 Å². The first kappa shape index (κ1) is 13.1. The summed E-state index contributed by atoms with van der Waals surface area (Å²) in [6.45, 7) is 0.357. The number of rotatable bonds is 2. The maximum absolute atomic E-state index is 12.1. The predicted molar refractivity (Wildman–Crippen MR) is 65.7 cm³/mol. The highest BCUT2D eigenvalue weighted by Crippen LogP contribution is 2.25. The molecule has 0 saturated carbocycles. The van der Waals surface area contributed by atoms with E-state index in [1.54, 1.807) is 6.07 Å². The SMILES string of the molecule is NC(=O)[C@]1(O)CCCN(C(=O)c2occc2Br)C1. The summed E-state index contributed by atoms with van der Waals surface area (Å²) in [5.74, 6) is -1.02. The number of piperidine rings is 1. The van der Waals surface area contributed by atoms with Crippen molar-refractivity contribution >= 4 is 27.7 Å². The number of nitrogens with two attached hydrogens (primary N) is 1. The van der Waals surface area contributed by atoms with Crippen molar-refractivity contribution in [1.29, 1.82) is 0 Å². The van der Waals surface area contributed by atoms with Gasteiger partial charge in [0.15, 0.2) is 5.60 Å². The molecule has 1 aliphatic heterocycles. The summed E-state index contributed by atoms with van der Waals surface area (Å²) in [6, 6.07) is 1.61. The van der Waals surface area contributed by atoms with Crippen LogP contribution >= 0.6 is 15.9 Å². The number of carbonyl (C=O) groups is 2. The van der Waals surface area contributed by atoms with Crippen molar-refractivity contribution in [2.45, 2.75) is 18.4 Å². The van der Waals surface area contributed by atoms with Crippen molar-refractivity contribution in [3.63, 3.8) is 0 Å². The van der Waals surface area contributed by atoms with Crippen LogP contribution in [0.4, 0.5) is 0 Å². The molecule has 0 aliphatic carbocycles. The average molecular weight is 317 g/mol. The van der Waals surface area contributed by atoms with Gasteiger partial charge in [-0.3, -0.25) is 9.59 Å². The highest BCUT2D eigenvalue weighted by molar-refractivity contribution is 9.10. The third-order valence-electron chi connectivity index (χ3n) is 3.03. The smallest absolute Gasteiger partial charge is 0.290 e. The number of amides is 2. The number of likely N-dealkylation sites (tertiary alicyclic amines) is 1. The molecule has 2 rings (SSSR count). The minimum atomic E-state index is -1.65. The second kappa shape index (κ2) is 4.74. The molecule has 18 heavy (non-hydrogen) atoms. The molecular formula is C11H13BrN2O4. The van der Waals surface area contributed by atoms with Crippen LogP contribution in [-0.2, 0) is 4.79 Å². The lowest BCUT2D eigenvalue weighted by Gasteiger charge is -2.36. The molecule has 1 fully saturated rings. The number of aliphatic hydroxyl groups is 1. The molecule has 1 saturated heterocycles. The summed E-state index contributed by atoms with van der Waals surface area (Å²) in [5.41, 5.74) is 3.51.